The Morgan fingerprint density at radius 2 is 1.93 bits per heavy atom. The molecule has 1 aromatic heterocycles. The van der Waals surface area contributed by atoms with Crippen LogP contribution in [0.4, 0.5) is 0 Å². The van der Waals surface area contributed by atoms with E-state index in [0.717, 1.165) is 25.7 Å². The molecule has 2 amide bonds. The van der Waals surface area contributed by atoms with E-state index >= 15 is 0 Å². The van der Waals surface area contributed by atoms with Crippen molar-refractivity contribution in [1.29, 1.82) is 0 Å². The van der Waals surface area contributed by atoms with Crippen LogP contribution in [0.3, 0.4) is 0 Å². The van der Waals surface area contributed by atoms with Gasteiger partial charge in [-0.1, -0.05) is 36.0 Å². The van der Waals surface area contributed by atoms with E-state index in [-0.39, 0.29) is 24.0 Å². The van der Waals surface area contributed by atoms with Gasteiger partial charge in [-0.2, -0.15) is 0 Å². The topological polar surface area (TPSA) is 63.0 Å². The standard InChI is InChI=1S/C22H24Cl2N2O4/c23-18-8-7-15(12-19(18)24)21(27)25-9-11-29-17(13-25)14-26(16-4-1-2-5-16)22(28)20-6-3-10-30-20/h3,6-8,10,12,16-17H,1-2,4-5,9,11,13-14H2/t17-/m1/s1. The van der Waals surface area contributed by atoms with Crippen LogP contribution in [-0.4, -0.2) is 60.0 Å². The Morgan fingerprint density at radius 3 is 2.63 bits per heavy atom. The summed E-state index contributed by atoms with van der Waals surface area (Å²) in [6.45, 7) is 1.75. The number of carbonyl (C=O) groups is 2. The number of amides is 2. The second-order valence-corrected chi connectivity index (χ2v) is 8.56. The normalized spacial score (nSPS) is 19.8. The molecular weight excluding hydrogens is 427 g/mol. The zero-order valence-electron chi connectivity index (χ0n) is 16.6. The monoisotopic (exact) mass is 450 g/mol. The number of hydrogen-bond donors (Lipinski definition) is 0. The van der Waals surface area contributed by atoms with Gasteiger partial charge in [-0.15, -0.1) is 0 Å². The molecule has 2 aromatic rings. The average molecular weight is 451 g/mol. The molecule has 0 bridgehead atoms. The van der Waals surface area contributed by atoms with Gasteiger partial charge in [0.15, 0.2) is 5.76 Å². The molecule has 0 N–H and O–H groups in total. The molecule has 8 heteroatoms. The van der Waals surface area contributed by atoms with Gasteiger partial charge in [0.2, 0.25) is 0 Å². The van der Waals surface area contributed by atoms with Crippen LogP contribution in [0.25, 0.3) is 0 Å². The number of nitrogens with zero attached hydrogens (tertiary/aromatic N) is 2. The molecule has 0 radical (unpaired) electrons. The lowest BCUT2D eigenvalue weighted by atomic mass is 10.1. The molecule has 1 saturated carbocycles. The van der Waals surface area contributed by atoms with Crippen LogP contribution in [0.5, 0.6) is 0 Å². The summed E-state index contributed by atoms with van der Waals surface area (Å²) in [6, 6.07) is 8.46. The van der Waals surface area contributed by atoms with Gasteiger partial charge in [0.05, 0.1) is 29.0 Å². The number of carbonyl (C=O) groups excluding carboxylic acids is 2. The summed E-state index contributed by atoms with van der Waals surface area (Å²) in [4.78, 5) is 29.6. The summed E-state index contributed by atoms with van der Waals surface area (Å²) in [6.07, 6.45) is 5.43. The van der Waals surface area contributed by atoms with Gasteiger partial charge in [-0.05, 0) is 43.2 Å². The van der Waals surface area contributed by atoms with Crippen LogP contribution < -0.4 is 0 Å². The van der Waals surface area contributed by atoms with Gasteiger partial charge in [0.25, 0.3) is 11.8 Å². The van der Waals surface area contributed by atoms with Crippen LogP contribution >= 0.6 is 23.2 Å². The Balaban J connectivity index is 1.46. The zero-order valence-corrected chi connectivity index (χ0v) is 18.1. The molecule has 2 fully saturated rings. The maximum Gasteiger partial charge on any atom is 0.289 e. The Bertz CT molecular complexity index is 897. The first-order valence-electron chi connectivity index (χ1n) is 10.2. The fraction of sp³-hybridized carbons (Fsp3) is 0.455. The maximum atomic E-state index is 13.0. The van der Waals surface area contributed by atoms with Gasteiger partial charge in [0.1, 0.15) is 0 Å². The third-order valence-electron chi connectivity index (χ3n) is 5.75. The van der Waals surface area contributed by atoms with Gasteiger partial charge >= 0.3 is 0 Å². The summed E-state index contributed by atoms with van der Waals surface area (Å²) in [5, 5.41) is 0.764. The van der Waals surface area contributed by atoms with Crippen LogP contribution in [0.1, 0.15) is 46.6 Å². The lowest BCUT2D eigenvalue weighted by molar-refractivity contribution is -0.0374. The van der Waals surface area contributed by atoms with Gasteiger partial charge in [-0.3, -0.25) is 9.59 Å². The van der Waals surface area contributed by atoms with E-state index < -0.39 is 0 Å². The molecule has 1 atom stereocenters. The molecule has 0 unspecified atom stereocenters. The molecule has 1 aliphatic heterocycles. The summed E-state index contributed by atoms with van der Waals surface area (Å²) < 4.78 is 11.3. The van der Waals surface area contributed by atoms with Crippen molar-refractivity contribution in [1.82, 2.24) is 9.80 Å². The smallest absolute Gasteiger partial charge is 0.289 e. The number of ether oxygens (including phenoxy) is 1. The molecule has 2 aliphatic rings. The van der Waals surface area contributed by atoms with Gasteiger partial charge < -0.3 is 19.0 Å². The molecular formula is C22H24Cl2N2O4. The number of furan rings is 1. The van der Waals surface area contributed by atoms with E-state index in [0.29, 0.717) is 47.6 Å². The second-order valence-electron chi connectivity index (χ2n) is 7.75. The van der Waals surface area contributed by atoms with Crippen molar-refractivity contribution in [3.05, 3.63) is 58.0 Å². The highest BCUT2D eigenvalue weighted by Crippen LogP contribution is 2.27. The summed E-state index contributed by atoms with van der Waals surface area (Å²) in [7, 11) is 0. The Kier molecular flexibility index (Phi) is 6.66. The number of halogens is 2. The van der Waals surface area contributed by atoms with E-state index in [1.807, 2.05) is 4.90 Å². The summed E-state index contributed by atoms with van der Waals surface area (Å²) in [5.41, 5.74) is 0.490. The largest absolute Gasteiger partial charge is 0.459 e. The number of benzene rings is 1. The highest BCUT2D eigenvalue weighted by Gasteiger charge is 2.33. The molecule has 1 saturated heterocycles. The molecule has 1 aliphatic carbocycles. The summed E-state index contributed by atoms with van der Waals surface area (Å²) >= 11 is 12.0. The fourth-order valence-electron chi connectivity index (χ4n) is 4.20. The van der Waals surface area contributed by atoms with Crippen molar-refractivity contribution in [2.45, 2.75) is 37.8 Å². The predicted octanol–water partition coefficient (Wildman–Crippen LogP) is 4.51. The van der Waals surface area contributed by atoms with E-state index in [1.165, 1.54) is 6.26 Å². The molecule has 160 valence electrons. The molecule has 0 spiro atoms. The SMILES string of the molecule is O=C(c1ccc(Cl)c(Cl)c1)N1CCO[C@@H](CN(C(=O)c2ccco2)C2CCCC2)C1. The number of rotatable bonds is 5. The molecule has 4 rings (SSSR count). The molecule has 6 nitrogen and oxygen atoms in total. The third-order valence-corrected chi connectivity index (χ3v) is 6.49. The fourth-order valence-corrected chi connectivity index (χ4v) is 4.50. The number of morpholine rings is 1. The average Bonchev–Trinajstić information content (AvgIpc) is 3.47. The lowest BCUT2D eigenvalue weighted by Crippen LogP contribution is -2.52. The van der Waals surface area contributed by atoms with Crippen LogP contribution in [0, 0.1) is 0 Å². The van der Waals surface area contributed by atoms with Crippen molar-refractivity contribution in [3.63, 3.8) is 0 Å². The predicted molar refractivity (Wildman–Crippen MR) is 114 cm³/mol. The van der Waals surface area contributed by atoms with E-state index in [4.69, 9.17) is 32.4 Å². The van der Waals surface area contributed by atoms with E-state index in [1.54, 1.807) is 35.2 Å². The van der Waals surface area contributed by atoms with Gasteiger partial charge in [-0.25, -0.2) is 0 Å². The Hall–Kier alpha value is -2.02. The second kappa shape index (κ2) is 9.41. The number of hydrogen-bond acceptors (Lipinski definition) is 4. The Morgan fingerprint density at radius 1 is 1.13 bits per heavy atom. The zero-order chi connectivity index (χ0) is 21.1. The van der Waals surface area contributed by atoms with Crippen molar-refractivity contribution in [2.75, 3.05) is 26.2 Å². The Labute approximate surface area is 185 Å². The van der Waals surface area contributed by atoms with Crippen LogP contribution in [0.2, 0.25) is 10.0 Å². The molecule has 1 aromatic carbocycles. The molecule has 30 heavy (non-hydrogen) atoms. The van der Waals surface area contributed by atoms with E-state index in [2.05, 4.69) is 0 Å². The van der Waals surface area contributed by atoms with Crippen LogP contribution in [-0.2, 0) is 4.74 Å². The summed E-state index contributed by atoms with van der Waals surface area (Å²) in [5.74, 6) is 0.0940. The first-order chi connectivity index (χ1) is 14.5. The lowest BCUT2D eigenvalue weighted by Gasteiger charge is -2.37. The minimum Gasteiger partial charge on any atom is -0.459 e. The minimum absolute atomic E-state index is 0.119. The van der Waals surface area contributed by atoms with Crippen molar-refractivity contribution in [2.24, 2.45) is 0 Å². The maximum absolute atomic E-state index is 13.0. The highest BCUT2D eigenvalue weighted by atomic mass is 35.5. The minimum atomic E-state index is -0.259. The quantitative estimate of drug-likeness (QED) is 0.671. The van der Waals surface area contributed by atoms with Gasteiger partial charge in [0, 0.05) is 31.2 Å². The highest BCUT2D eigenvalue weighted by molar-refractivity contribution is 6.42. The van der Waals surface area contributed by atoms with Crippen molar-refractivity contribution in [3.8, 4) is 0 Å². The van der Waals surface area contributed by atoms with Crippen molar-refractivity contribution >= 4 is 35.0 Å². The van der Waals surface area contributed by atoms with E-state index in [9.17, 15) is 9.59 Å². The third kappa shape index (κ3) is 4.66. The van der Waals surface area contributed by atoms with Crippen molar-refractivity contribution < 1.29 is 18.7 Å². The molecule has 2 heterocycles. The first-order valence-corrected chi connectivity index (χ1v) is 11.0. The first kappa shape index (κ1) is 21.2. The van der Waals surface area contributed by atoms with Crippen LogP contribution in [0.15, 0.2) is 41.0 Å².